The Bertz CT molecular complexity index is 788. The van der Waals surface area contributed by atoms with Crippen molar-refractivity contribution in [2.45, 2.75) is 39.5 Å². The number of nitrogens with zero attached hydrogens (tertiary/aromatic N) is 3. The molecule has 29 heavy (non-hydrogen) atoms. The molecular formula is C23H32N4O2. The van der Waals surface area contributed by atoms with Gasteiger partial charge in [0.05, 0.1) is 5.56 Å². The third-order valence-electron chi connectivity index (χ3n) is 5.16. The van der Waals surface area contributed by atoms with Crippen LogP contribution in [0.3, 0.4) is 0 Å². The van der Waals surface area contributed by atoms with Crippen molar-refractivity contribution in [1.82, 2.24) is 14.9 Å². The Hall–Kier alpha value is -2.76. The number of ketones is 1. The van der Waals surface area contributed by atoms with Crippen LogP contribution in [0.15, 0.2) is 42.7 Å². The van der Waals surface area contributed by atoms with Crippen LogP contribution in [0, 0.1) is 11.8 Å². The van der Waals surface area contributed by atoms with Gasteiger partial charge in [0.25, 0.3) is 5.91 Å². The van der Waals surface area contributed by atoms with E-state index in [9.17, 15) is 9.59 Å². The molecule has 0 aliphatic rings. The number of Topliss-reactive ketones (excluding diaryl/α,β-unsaturated/α-hetero) is 1. The lowest BCUT2D eigenvalue weighted by atomic mass is 9.80. The van der Waals surface area contributed by atoms with Gasteiger partial charge in [-0.2, -0.15) is 0 Å². The van der Waals surface area contributed by atoms with Gasteiger partial charge in [0.15, 0.2) is 0 Å². The highest BCUT2D eigenvalue weighted by Crippen LogP contribution is 2.30. The average Bonchev–Trinajstić information content (AvgIpc) is 2.70. The van der Waals surface area contributed by atoms with E-state index in [1.165, 1.54) is 10.5 Å². The molecule has 1 aromatic heterocycles. The van der Waals surface area contributed by atoms with Crippen molar-refractivity contribution in [3.63, 3.8) is 0 Å². The van der Waals surface area contributed by atoms with Crippen molar-refractivity contribution < 1.29 is 9.59 Å². The minimum absolute atomic E-state index is 0.122. The van der Waals surface area contributed by atoms with Gasteiger partial charge in [-0.25, -0.2) is 9.97 Å². The number of hydrogen-bond acceptors (Lipinski definition) is 5. The molecule has 0 saturated carbocycles. The van der Waals surface area contributed by atoms with E-state index >= 15 is 0 Å². The molecule has 1 amide bonds. The highest BCUT2D eigenvalue weighted by atomic mass is 16.2. The van der Waals surface area contributed by atoms with Crippen LogP contribution in [0.4, 0.5) is 5.95 Å². The van der Waals surface area contributed by atoms with Crippen LogP contribution in [0.25, 0.3) is 0 Å². The summed E-state index contributed by atoms with van der Waals surface area (Å²) < 4.78 is 0. The monoisotopic (exact) mass is 396 g/mol. The number of anilines is 1. The van der Waals surface area contributed by atoms with E-state index in [-0.39, 0.29) is 17.6 Å². The van der Waals surface area contributed by atoms with Crippen molar-refractivity contribution in [2.24, 2.45) is 11.8 Å². The van der Waals surface area contributed by atoms with E-state index in [0.717, 1.165) is 6.42 Å². The Kier molecular flexibility index (Phi) is 8.31. The fraction of sp³-hybridized carbons (Fsp3) is 0.478. The average molecular weight is 397 g/mol. The Morgan fingerprint density at radius 2 is 1.69 bits per heavy atom. The first kappa shape index (κ1) is 22.5. The third-order valence-corrected chi connectivity index (χ3v) is 5.16. The number of carbonyl (C=O) groups is 2. The molecule has 0 aliphatic carbocycles. The lowest BCUT2D eigenvalue weighted by Crippen LogP contribution is -2.23. The molecule has 1 heterocycles. The second kappa shape index (κ2) is 10.7. The van der Waals surface area contributed by atoms with Crippen molar-refractivity contribution in [1.29, 1.82) is 0 Å². The second-order valence-electron chi connectivity index (χ2n) is 8.13. The highest BCUT2D eigenvalue weighted by molar-refractivity contribution is 5.93. The quantitative estimate of drug-likeness (QED) is 0.657. The molecule has 6 nitrogen and oxygen atoms in total. The summed E-state index contributed by atoms with van der Waals surface area (Å²) in [6, 6.07) is 10.3. The molecule has 0 saturated heterocycles. The number of benzene rings is 1. The summed E-state index contributed by atoms with van der Waals surface area (Å²) in [7, 11) is 3.40. The maximum Gasteiger partial charge on any atom is 0.256 e. The van der Waals surface area contributed by atoms with E-state index in [0.29, 0.717) is 36.3 Å². The molecule has 1 aromatic carbocycles. The van der Waals surface area contributed by atoms with Gasteiger partial charge in [0, 0.05) is 45.4 Å². The lowest BCUT2D eigenvalue weighted by molar-refractivity contribution is -0.118. The number of rotatable bonds is 10. The molecule has 0 spiro atoms. The Labute approximate surface area is 173 Å². The Morgan fingerprint density at radius 3 is 2.21 bits per heavy atom. The third kappa shape index (κ3) is 6.97. The molecule has 2 unspecified atom stereocenters. The van der Waals surface area contributed by atoms with Crippen molar-refractivity contribution >= 4 is 17.6 Å². The van der Waals surface area contributed by atoms with Crippen LogP contribution in [0.2, 0.25) is 0 Å². The van der Waals surface area contributed by atoms with E-state index in [4.69, 9.17) is 0 Å². The summed E-state index contributed by atoms with van der Waals surface area (Å²) in [5.74, 6) is 1.58. The molecule has 156 valence electrons. The first-order chi connectivity index (χ1) is 13.8. The molecule has 0 fully saturated rings. The van der Waals surface area contributed by atoms with E-state index < -0.39 is 0 Å². The van der Waals surface area contributed by atoms with Crippen LogP contribution in [-0.4, -0.2) is 47.2 Å². The Morgan fingerprint density at radius 1 is 1.07 bits per heavy atom. The van der Waals surface area contributed by atoms with Gasteiger partial charge in [-0.3, -0.25) is 4.79 Å². The predicted octanol–water partition coefficient (Wildman–Crippen LogP) is 4.02. The molecular weight excluding hydrogens is 364 g/mol. The maximum absolute atomic E-state index is 12.0. The minimum Gasteiger partial charge on any atom is -0.354 e. The lowest BCUT2D eigenvalue weighted by Gasteiger charge is -2.26. The molecule has 1 N–H and O–H groups in total. The van der Waals surface area contributed by atoms with E-state index in [2.05, 4.69) is 41.3 Å². The summed E-state index contributed by atoms with van der Waals surface area (Å²) in [6.45, 7) is 6.67. The molecule has 0 radical (unpaired) electrons. The van der Waals surface area contributed by atoms with Gasteiger partial charge >= 0.3 is 0 Å². The van der Waals surface area contributed by atoms with E-state index in [1.54, 1.807) is 33.4 Å². The number of hydrogen-bond donors (Lipinski definition) is 1. The molecule has 2 atom stereocenters. The normalized spacial score (nSPS) is 13.0. The van der Waals surface area contributed by atoms with Crippen LogP contribution >= 0.6 is 0 Å². The highest BCUT2D eigenvalue weighted by Gasteiger charge is 2.22. The van der Waals surface area contributed by atoms with Gasteiger partial charge in [-0.15, -0.1) is 0 Å². The predicted molar refractivity (Wildman–Crippen MR) is 116 cm³/mol. The summed E-state index contributed by atoms with van der Waals surface area (Å²) in [5.41, 5.74) is 1.69. The molecule has 0 bridgehead atoms. The van der Waals surface area contributed by atoms with Crippen LogP contribution in [-0.2, 0) is 4.79 Å². The first-order valence-corrected chi connectivity index (χ1v) is 10.1. The number of aromatic nitrogens is 2. The van der Waals surface area contributed by atoms with Crippen molar-refractivity contribution in [2.75, 3.05) is 26.0 Å². The maximum atomic E-state index is 12.0. The minimum atomic E-state index is -0.122. The second-order valence-corrected chi connectivity index (χ2v) is 8.13. The SMILES string of the molecule is CC(=O)CC(CC(CNc1ncc(C(=O)N(C)C)cn1)c1ccccc1)C(C)C. The van der Waals surface area contributed by atoms with Crippen molar-refractivity contribution in [3.05, 3.63) is 53.9 Å². The largest absolute Gasteiger partial charge is 0.354 e. The first-order valence-electron chi connectivity index (χ1n) is 10.1. The topological polar surface area (TPSA) is 75.2 Å². The van der Waals surface area contributed by atoms with Crippen LogP contribution in [0.5, 0.6) is 0 Å². The van der Waals surface area contributed by atoms with E-state index in [1.807, 2.05) is 18.2 Å². The molecule has 2 aromatic rings. The Balaban J connectivity index is 2.12. The van der Waals surface area contributed by atoms with Gasteiger partial charge < -0.3 is 15.0 Å². The van der Waals surface area contributed by atoms with Crippen LogP contribution in [0.1, 0.15) is 55.5 Å². The molecule has 0 aliphatic heterocycles. The summed E-state index contributed by atoms with van der Waals surface area (Å²) >= 11 is 0. The molecule has 6 heteroatoms. The number of nitrogens with one attached hydrogen (secondary N) is 1. The van der Waals surface area contributed by atoms with Gasteiger partial charge in [0.1, 0.15) is 5.78 Å². The zero-order valence-electron chi connectivity index (χ0n) is 18.1. The van der Waals surface area contributed by atoms with Gasteiger partial charge in [-0.1, -0.05) is 44.2 Å². The smallest absolute Gasteiger partial charge is 0.256 e. The zero-order chi connectivity index (χ0) is 21.4. The zero-order valence-corrected chi connectivity index (χ0v) is 18.1. The fourth-order valence-electron chi connectivity index (χ4n) is 3.39. The summed E-state index contributed by atoms with van der Waals surface area (Å²) in [6.07, 6.45) is 4.59. The fourth-order valence-corrected chi connectivity index (χ4v) is 3.39. The van der Waals surface area contributed by atoms with Gasteiger partial charge in [0.2, 0.25) is 5.95 Å². The molecule has 2 rings (SSSR count). The summed E-state index contributed by atoms with van der Waals surface area (Å²) in [5, 5.41) is 3.30. The van der Waals surface area contributed by atoms with Crippen LogP contribution < -0.4 is 5.32 Å². The summed E-state index contributed by atoms with van der Waals surface area (Å²) in [4.78, 5) is 33.8. The standard InChI is InChI=1S/C23H32N4O2/c1-16(2)19(11-17(3)28)12-20(18-9-7-6-8-10-18)13-24-23-25-14-21(15-26-23)22(29)27(4)5/h6-10,14-16,19-20H,11-13H2,1-5H3,(H,24,25,26). The van der Waals surface area contributed by atoms with Crippen molar-refractivity contribution in [3.8, 4) is 0 Å². The van der Waals surface area contributed by atoms with Gasteiger partial charge in [-0.05, 0) is 30.7 Å². The number of carbonyl (C=O) groups excluding carboxylic acids is 2. The number of amides is 1.